The van der Waals surface area contributed by atoms with E-state index < -0.39 is 0 Å². The molecule has 0 radical (unpaired) electrons. The smallest absolute Gasteiger partial charge is 0.219 e. The third-order valence-corrected chi connectivity index (χ3v) is 6.12. The predicted octanol–water partition coefficient (Wildman–Crippen LogP) is 2.99. The van der Waals surface area contributed by atoms with Crippen LogP contribution in [0.1, 0.15) is 43.5 Å². The minimum absolute atomic E-state index is 0.117. The second-order valence-electron chi connectivity index (χ2n) is 8.22. The van der Waals surface area contributed by atoms with E-state index in [1.54, 1.807) is 6.92 Å². The molecule has 2 aliphatic rings. The number of piperidine rings is 1. The van der Waals surface area contributed by atoms with E-state index in [1.807, 2.05) is 17.4 Å². The number of aryl methyl sites for hydroxylation is 2. The lowest BCUT2D eigenvalue weighted by Gasteiger charge is -2.42. The number of aromatic nitrogens is 2. The predicted molar refractivity (Wildman–Crippen MR) is 108 cm³/mol. The van der Waals surface area contributed by atoms with Gasteiger partial charge >= 0.3 is 0 Å². The number of carbonyl (C=O) groups excluding carboxylic acids is 1. The van der Waals surface area contributed by atoms with Gasteiger partial charge in [-0.1, -0.05) is 17.7 Å². The molecule has 6 nitrogen and oxygen atoms in total. The minimum atomic E-state index is -0.298. The molecule has 28 heavy (non-hydrogen) atoms. The van der Waals surface area contributed by atoms with Crippen LogP contribution in [0.4, 0.5) is 0 Å². The van der Waals surface area contributed by atoms with Gasteiger partial charge in [0.15, 0.2) is 0 Å². The van der Waals surface area contributed by atoms with Crippen LogP contribution in [0.15, 0.2) is 30.7 Å². The molecule has 2 aromatic rings. The maximum absolute atomic E-state index is 12.3. The molecule has 1 fully saturated rings. The number of likely N-dealkylation sites (tertiary alicyclic amines) is 1. The summed E-state index contributed by atoms with van der Waals surface area (Å²) in [7, 11) is 0. The van der Waals surface area contributed by atoms with Gasteiger partial charge in [0.25, 0.3) is 0 Å². The summed E-state index contributed by atoms with van der Waals surface area (Å²) >= 11 is 0. The van der Waals surface area contributed by atoms with Crippen molar-refractivity contribution < 1.29 is 9.53 Å². The van der Waals surface area contributed by atoms with E-state index >= 15 is 0 Å². The van der Waals surface area contributed by atoms with Crippen LogP contribution >= 0.6 is 0 Å². The number of imidazole rings is 1. The van der Waals surface area contributed by atoms with Crippen molar-refractivity contribution in [3.8, 4) is 5.75 Å². The summed E-state index contributed by atoms with van der Waals surface area (Å²) in [6, 6.07) is 6.31. The van der Waals surface area contributed by atoms with Crippen LogP contribution in [0, 0.1) is 6.92 Å². The Balaban J connectivity index is 1.51. The highest BCUT2D eigenvalue weighted by molar-refractivity contribution is 5.73. The SMILES string of the molecule is CCn1cncc1CN1CCC2(CC1)CN(C(C)=O)Cc1cc(C)ccc1O2. The number of carbonyl (C=O) groups is 1. The Hall–Kier alpha value is -2.34. The largest absolute Gasteiger partial charge is 0.485 e. The highest BCUT2D eigenvalue weighted by atomic mass is 16.5. The van der Waals surface area contributed by atoms with Crippen molar-refractivity contribution in [2.24, 2.45) is 0 Å². The van der Waals surface area contributed by atoms with E-state index in [-0.39, 0.29) is 11.5 Å². The number of rotatable bonds is 3. The molecule has 1 spiro atoms. The molecule has 0 unspecified atom stereocenters. The average molecular weight is 383 g/mol. The molecule has 3 heterocycles. The summed E-state index contributed by atoms with van der Waals surface area (Å²) < 4.78 is 8.81. The highest BCUT2D eigenvalue weighted by Crippen LogP contribution is 2.36. The van der Waals surface area contributed by atoms with Crippen molar-refractivity contribution >= 4 is 5.91 Å². The summed E-state index contributed by atoms with van der Waals surface area (Å²) in [5, 5.41) is 0. The molecule has 0 aliphatic carbocycles. The zero-order chi connectivity index (χ0) is 19.7. The zero-order valence-electron chi connectivity index (χ0n) is 17.1. The minimum Gasteiger partial charge on any atom is -0.485 e. The normalized spacial score (nSPS) is 19.2. The summed E-state index contributed by atoms with van der Waals surface area (Å²) in [5.74, 6) is 1.05. The van der Waals surface area contributed by atoms with Gasteiger partial charge in [-0.05, 0) is 19.9 Å². The van der Waals surface area contributed by atoms with Crippen LogP contribution in [-0.4, -0.2) is 50.5 Å². The Kier molecular flexibility index (Phi) is 5.15. The monoisotopic (exact) mass is 382 g/mol. The van der Waals surface area contributed by atoms with Crippen LogP contribution in [0.25, 0.3) is 0 Å². The molecule has 2 aliphatic heterocycles. The maximum Gasteiger partial charge on any atom is 0.219 e. The van der Waals surface area contributed by atoms with E-state index in [1.165, 1.54) is 11.3 Å². The second kappa shape index (κ2) is 7.59. The highest BCUT2D eigenvalue weighted by Gasteiger charge is 2.41. The van der Waals surface area contributed by atoms with Gasteiger partial charge in [0.2, 0.25) is 5.91 Å². The van der Waals surface area contributed by atoms with E-state index in [2.05, 4.69) is 46.5 Å². The van der Waals surface area contributed by atoms with Crippen molar-refractivity contribution in [3.05, 3.63) is 47.5 Å². The first kappa shape index (κ1) is 19.0. The van der Waals surface area contributed by atoms with E-state index in [4.69, 9.17) is 4.74 Å². The fourth-order valence-electron chi connectivity index (χ4n) is 4.40. The fourth-order valence-corrected chi connectivity index (χ4v) is 4.40. The van der Waals surface area contributed by atoms with Crippen molar-refractivity contribution in [3.63, 3.8) is 0 Å². The third-order valence-electron chi connectivity index (χ3n) is 6.12. The van der Waals surface area contributed by atoms with Crippen LogP contribution in [0.3, 0.4) is 0 Å². The zero-order valence-corrected chi connectivity index (χ0v) is 17.1. The van der Waals surface area contributed by atoms with E-state index in [0.717, 1.165) is 50.3 Å². The van der Waals surface area contributed by atoms with E-state index in [0.29, 0.717) is 13.1 Å². The van der Waals surface area contributed by atoms with Crippen LogP contribution in [-0.2, 0) is 24.4 Å². The second-order valence-corrected chi connectivity index (χ2v) is 8.22. The third kappa shape index (κ3) is 3.78. The van der Waals surface area contributed by atoms with Gasteiger partial charge in [-0.15, -0.1) is 0 Å². The lowest BCUT2D eigenvalue weighted by Crippen LogP contribution is -2.53. The quantitative estimate of drug-likeness (QED) is 0.819. The number of nitrogens with zero attached hydrogens (tertiary/aromatic N) is 4. The molecule has 1 saturated heterocycles. The molecular weight excluding hydrogens is 352 g/mol. The van der Waals surface area contributed by atoms with E-state index in [9.17, 15) is 4.79 Å². The first-order valence-corrected chi connectivity index (χ1v) is 10.2. The molecule has 150 valence electrons. The molecule has 0 bridgehead atoms. The maximum atomic E-state index is 12.3. The first-order valence-electron chi connectivity index (χ1n) is 10.2. The Bertz CT molecular complexity index is 852. The molecule has 0 atom stereocenters. The van der Waals surface area contributed by atoms with Crippen molar-refractivity contribution in [2.45, 2.75) is 58.8 Å². The summed E-state index contributed by atoms with van der Waals surface area (Å²) in [5.41, 5.74) is 3.27. The van der Waals surface area contributed by atoms with Crippen LogP contribution in [0.5, 0.6) is 5.75 Å². The van der Waals surface area contributed by atoms with Crippen molar-refractivity contribution in [1.82, 2.24) is 19.4 Å². The number of hydrogen-bond donors (Lipinski definition) is 0. The fraction of sp³-hybridized carbons (Fsp3) is 0.545. The molecule has 4 rings (SSSR count). The molecule has 1 aromatic carbocycles. The van der Waals surface area contributed by atoms with Gasteiger partial charge in [-0.3, -0.25) is 9.69 Å². The van der Waals surface area contributed by atoms with Gasteiger partial charge < -0.3 is 14.2 Å². The summed E-state index contributed by atoms with van der Waals surface area (Å²) in [4.78, 5) is 21.0. The first-order chi connectivity index (χ1) is 13.5. The van der Waals surface area contributed by atoms with Gasteiger partial charge in [0.05, 0.1) is 18.6 Å². The summed E-state index contributed by atoms with van der Waals surface area (Å²) in [6.07, 6.45) is 5.71. The summed E-state index contributed by atoms with van der Waals surface area (Å²) in [6.45, 7) is 11.0. The molecule has 1 aromatic heterocycles. The van der Waals surface area contributed by atoms with Crippen LogP contribution < -0.4 is 4.74 Å². The number of ether oxygens (including phenoxy) is 1. The van der Waals surface area contributed by atoms with Gasteiger partial charge in [-0.25, -0.2) is 4.98 Å². The Morgan fingerprint density at radius 1 is 1.29 bits per heavy atom. The standard InChI is InChI=1S/C22H30N4O2/c1-4-25-16-23-12-20(25)14-24-9-7-22(8-10-24)15-26(18(3)27)13-19-11-17(2)5-6-21(19)28-22/h5-6,11-12,16H,4,7-10,13-15H2,1-3H3. The van der Waals surface area contributed by atoms with Crippen molar-refractivity contribution in [1.29, 1.82) is 0 Å². The molecule has 0 saturated carbocycles. The molecule has 6 heteroatoms. The molecule has 0 N–H and O–H groups in total. The number of fused-ring (bicyclic) bond motifs is 1. The van der Waals surface area contributed by atoms with Gasteiger partial charge in [-0.2, -0.15) is 0 Å². The van der Waals surface area contributed by atoms with Crippen molar-refractivity contribution in [2.75, 3.05) is 19.6 Å². The number of amides is 1. The van der Waals surface area contributed by atoms with Gasteiger partial charge in [0.1, 0.15) is 11.4 Å². The number of benzene rings is 1. The van der Waals surface area contributed by atoms with Gasteiger partial charge in [0, 0.05) is 64.2 Å². The topological polar surface area (TPSA) is 50.6 Å². The Morgan fingerprint density at radius 2 is 2.07 bits per heavy atom. The lowest BCUT2D eigenvalue weighted by atomic mass is 9.90. The Morgan fingerprint density at radius 3 is 2.79 bits per heavy atom. The molecule has 1 amide bonds. The molecular formula is C22H30N4O2. The average Bonchev–Trinajstić information content (AvgIpc) is 3.05. The number of hydrogen-bond acceptors (Lipinski definition) is 4. The van der Waals surface area contributed by atoms with Crippen LogP contribution in [0.2, 0.25) is 0 Å². The Labute approximate surface area is 167 Å². The lowest BCUT2D eigenvalue weighted by molar-refractivity contribution is -0.132.